The molecule has 16 heavy (non-hydrogen) atoms. The molecule has 0 atom stereocenters. The van der Waals surface area contributed by atoms with Gasteiger partial charge >= 0.3 is 0 Å². The maximum atomic E-state index is 6.34. The van der Waals surface area contributed by atoms with Crippen molar-refractivity contribution in [1.29, 1.82) is 0 Å². The zero-order valence-corrected chi connectivity index (χ0v) is 9.94. The summed E-state index contributed by atoms with van der Waals surface area (Å²) in [6.07, 6.45) is 2.43. The fourth-order valence-corrected chi connectivity index (χ4v) is 2.26. The van der Waals surface area contributed by atoms with Gasteiger partial charge in [-0.2, -0.15) is 0 Å². The number of hydrogen-bond donors (Lipinski definition) is 1. The number of rotatable bonds is 2. The SMILES string of the molecule is S=c1[nH]nc(-c2cccc(C3CC3)c2Cl)o1. The molecule has 1 heterocycles. The molecular weight excluding hydrogens is 244 g/mol. The Balaban J connectivity index is 2.13. The molecule has 0 radical (unpaired) electrons. The second kappa shape index (κ2) is 3.71. The van der Waals surface area contributed by atoms with E-state index in [9.17, 15) is 0 Å². The van der Waals surface area contributed by atoms with Gasteiger partial charge in [-0.05, 0) is 42.6 Å². The molecule has 0 spiro atoms. The van der Waals surface area contributed by atoms with Crippen molar-refractivity contribution < 1.29 is 4.42 Å². The average Bonchev–Trinajstić information content (AvgIpc) is 3.02. The average molecular weight is 253 g/mol. The fraction of sp³-hybridized carbons (Fsp3) is 0.273. The van der Waals surface area contributed by atoms with Gasteiger partial charge in [0.1, 0.15) is 0 Å². The Hall–Kier alpha value is -1.13. The Labute approximate surface area is 102 Å². The minimum absolute atomic E-state index is 0.267. The highest BCUT2D eigenvalue weighted by atomic mass is 35.5. The highest BCUT2D eigenvalue weighted by molar-refractivity contribution is 7.71. The number of nitrogens with zero attached hydrogens (tertiary/aromatic N) is 1. The Kier molecular flexibility index (Phi) is 2.33. The van der Waals surface area contributed by atoms with E-state index in [0.717, 1.165) is 10.6 Å². The van der Waals surface area contributed by atoms with Crippen LogP contribution < -0.4 is 0 Å². The Bertz CT molecular complexity index is 586. The van der Waals surface area contributed by atoms with E-state index in [-0.39, 0.29) is 4.84 Å². The van der Waals surface area contributed by atoms with E-state index in [1.165, 1.54) is 18.4 Å². The summed E-state index contributed by atoms with van der Waals surface area (Å²) in [5.41, 5.74) is 1.99. The topological polar surface area (TPSA) is 41.8 Å². The van der Waals surface area contributed by atoms with Crippen molar-refractivity contribution in [3.8, 4) is 11.5 Å². The number of H-pyrrole nitrogens is 1. The predicted molar refractivity (Wildman–Crippen MR) is 64.1 cm³/mol. The molecule has 3 nitrogen and oxygen atoms in total. The van der Waals surface area contributed by atoms with Gasteiger partial charge in [0.2, 0.25) is 5.89 Å². The molecule has 1 aromatic carbocycles. The zero-order chi connectivity index (χ0) is 11.1. The predicted octanol–water partition coefficient (Wildman–Crippen LogP) is 3.93. The van der Waals surface area contributed by atoms with Crippen molar-refractivity contribution in [2.24, 2.45) is 0 Å². The van der Waals surface area contributed by atoms with Gasteiger partial charge in [0, 0.05) is 0 Å². The van der Waals surface area contributed by atoms with Crippen LogP contribution in [0, 0.1) is 4.84 Å². The highest BCUT2D eigenvalue weighted by Crippen LogP contribution is 2.45. The minimum Gasteiger partial charge on any atom is -0.409 e. The van der Waals surface area contributed by atoms with Gasteiger partial charge < -0.3 is 4.42 Å². The monoisotopic (exact) mass is 252 g/mol. The Morgan fingerprint density at radius 3 is 2.88 bits per heavy atom. The largest absolute Gasteiger partial charge is 0.409 e. The summed E-state index contributed by atoms with van der Waals surface area (Å²) >= 11 is 11.2. The molecule has 0 amide bonds. The van der Waals surface area contributed by atoms with Crippen LogP contribution in [0.15, 0.2) is 22.6 Å². The maximum Gasteiger partial charge on any atom is 0.284 e. The van der Waals surface area contributed by atoms with Gasteiger partial charge in [0.15, 0.2) is 0 Å². The molecule has 1 aliphatic carbocycles. The molecule has 2 aromatic rings. The molecule has 0 saturated heterocycles. The first-order valence-electron chi connectivity index (χ1n) is 5.10. The lowest BCUT2D eigenvalue weighted by molar-refractivity contribution is 0.552. The van der Waals surface area contributed by atoms with E-state index >= 15 is 0 Å². The molecule has 5 heteroatoms. The van der Waals surface area contributed by atoms with E-state index in [4.69, 9.17) is 28.2 Å². The first kappa shape index (κ1) is 10.1. The van der Waals surface area contributed by atoms with Gasteiger partial charge in [-0.25, -0.2) is 5.10 Å². The second-order valence-electron chi connectivity index (χ2n) is 3.90. The number of halogens is 1. The maximum absolute atomic E-state index is 6.34. The van der Waals surface area contributed by atoms with Crippen LogP contribution in [0.25, 0.3) is 11.5 Å². The standard InChI is InChI=1S/C11H9ClN2OS/c12-9-7(6-4-5-6)2-1-3-8(9)10-13-14-11(16)15-10/h1-3,6H,4-5H2,(H,14,16). The lowest BCUT2D eigenvalue weighted by Gasteiger charge is -2.05. The van der Waals surface area contributed by atoms with Crippen LogP contribution in [-0.2, 0) is 0 Å². The molecule has 82 valence electrons. The van der Waals surface area contributed by atoms with Gasteiger partial charge in [-0.1, -0.05) is 23.7 Å². The molecule has 1 fully saturated rings. The molecule has 1 saturated carbocycles. The summed E-state index contributed by atoms with van der Waals surface area (Å²) < 4.78 is 5.27. The minimum atomic E-state index is 0.267. The van der Waals surface area contributed by atoms with Crippen LogP contribution in [0.5, 0.6) is 0 Å². The quantitative estimate of drug-likeness (QED) is 0.824. The highest BCUT2D eigenvalue weighted by Gasteiger charge is 2.27. The number of aromatic amines is 1. The third kappa shape index (κ3) is 1.68. The van der Waals surface area contributed by atoms with Crippen molar-refractivity contribution in [1.82, 2.24) is 10.2 Å². The molecule has 0 aliphatic heterocycles. The summed E-state index contributed by atoms with van der Waals surface area (Å²) in [5, 5.41) is 7.32. The normalized spacial score (nSPS) is 15.3. The van der Waals surface area contributed by atoms with Crippen LogP contribution in [0.2, 0.25) is 5.02 Å². The number of benzene rings is 1. The molecular formula is C11H9ClN2OS. The molecule has 1 aromatic heterocycles. The lowest BCUT2D eigenvalue weighted by Crippen LogP contribution is -1.86. The van der Waals surface area contributed by atoms with Gasteiger partial charge in [-0.3, -0.25) is 0 Å². The van der Waals surface area contributed by atoms with Crippen LogP contribution in [0.3, 0.4) is 0 Å². The third-order valence-electron chi connectivity index (χ3n) is 2.71. The van der Waals surface area contributed by atoms with Crippen LogP contribution in [0.1, 0.15) is 24.3 Å². The summed E-state index contributed by atoms with van der Waals surface area (Å²) in [6.45, 7) is 0. The van der Waals surface area contributed by atoms with Crippen molar-refractivity contribution in [3.63, 3.8) is 0 Å². The van der Waals surface area contributed by atoms with Crippen LogP contribution in [0.4, 0.5) is 0 Å². The first-order valence-corrected chi connectivity index (χ1v) is 5.88. The van der Waals surface area contributed by atoms with E-state index < -0.39 is 0 Å². The third-order valence-corrected chi connectivity index (χ3v) is 3.31. The summed E-state index contributed by atoms with van der Waals surface area (Å²) in [4.78, 5) is 0.267. The smallest absolute Gasteiger partial charge is 0.284 e. The van der Waals surface area contributed by atoms with Gasteiger partial charge in [-0.15, -0.1) is 5.10 Å². The van der Waals surface area contributed by atoms with E-state index in [0.29, 0.717) is 11.8 Å². The van der Waals surface area contributed by atoms with Crippen LogP contribution >= 0.6 is 23.8 Å². The van der Waals surface area contributed by atoms with Crippen LogP contribution in [-0.4, -0.2) is 10.2 Å². The Morgan fingerprint density at radius 1 is 1.44 bits per heavy atom. The zero-order valence-electron chi connectivity index (χ0n) is 8.37. The van der Waals surface area contributed by atoms with Gasteiger partial charge in [0.05, 0.1) is 10.6 Å². The molecule has 1 aliphatic rings. The second-order valence-corrected chi connectivity index (χ2v) is 4.65. The summed E-state index contributed by atoms with van der Waals surface area (Å²) in [5.74, 6) is 1.06. The van der Waals surface area contributed by atoms with E-state index in [1.807, 2.05) is 12.1 Å². The van der Waals surface area contributed by atoms with Crippen molar-refractivity contribution in [3.05, 3.63) is 33.6 Å². The fourth-order valence-electron chi connectivity index (χ4n) is 1.77. The number of hydrogen-bond acceptors (Lipinski definition) is 3. The summed E-state index contributed by atoms with van der Waals surface area (Å²) in [7, 11) is 0. The molecule has 3 rings (SSSR count). The molecule has 1 N–H and O–H groups in total. The molecule has 0 unspecified atom stereocenters. The van der Waals surface area contributed by atoms with Crippen molar-refractivity contribution in [2.75, 3.05) is 0 Å². The van der Waals surface area contributed by atoms with Gasteiger partial charge in [0.25, 0.3) is 4.84 Å². The van der Waals surface area contributed by atoms with Crippen molar-refractivity contribution >= 4 is 23.8 Å². The first-order chi connectivity index (χ1) is 7.75. The van der Waals surface area contributed by atoms with Crippen molar-refractivity contribution in [2.45, 2.75) is 18.8 Å². The lowest BCUT2D eigenvalue weighted by atomic mass is 10.1. The number of aromatic nitrogens is 2. The molecule has 0 bridgehead atoms. The Morgan fingerprint density at radius 2 is 2.25 bits per heavy atom. The summed E-state index contributed by atoms with van der Waals surface area (Å²) in [6, 6.07) is 5.93. The number of nitrogens with one attached hydrogen (secondary N) is 1. The van der Waals surface area contributed by atoms with E-state index in [1.54, 1.807) is 0 Å². The van der Waals surface area contributed by atoms with E-state index in [2.05, 4.69) is 16.3 Å².